The third-order valence-electron chi connectivity index (χ3n) is 2.43. The van der Waals surface area contributed by atoms with Crippen LogP contribution in [-0.4, -0.2) is 23.4 Å². The third-order valence-corrected chi connectivity index (χ3v) is 2.43. The fourth-order valence-electron chi connectivity index (χ4n) is 1.49. The molecule has 0 aliphatic carbocycles. The van der Waals surface area contributed by atoms with Crippen molar-refractivity contribution in [2.75, 3.05) is 7.11 Å². The van der Waals surface area contributed by atoms with Crippen LogP contribution in [0.5, 0.6) is 11.5 Å². The summed E-state index contributed by atoms with van der Waals surface area (Å²) in [6, 6.07) is 4.27. The van der Waals surface area contributed by atoms with E-state index >= 15 is 0 Å². The molecule has 1 aromatic rings. The van der Waals surface area contributed by atoms with Gasteiger partial charge in [-0.25, -0.2) is 0 Å². The van der Waals surface area contributed by atoms with Crippen LogP contribution in [-0.2, 0) is 0 Å². The van der Waals surface area contributed by atoms with E-state index in [0.29, 0.717) is 17.7 Å². The van der Waals surface area contributed by atoms with Gasteiger partial charge in [0.05, 0.1) is 24.8 Å². The van der Waals surface area contributed by atoms with E-state index in [4.69, 9.17) is 10.5 Å². The number of ether oxygens (including phenoxy) is 1. The predicted molar refractivity (Wildman–Crippen MR) is 57.9 cm³/mol. The molecule has 0 bridgehead atoms. The Bertz CT molecular complexity index is 328. The van der Waals surface area contributed by atoms with Crippen LogP contribution < -0.4 is 10.5 Å². The lowest BCUT2D eigenvalue weighted by molar-refractivity contribution is 0.138. The minimum absolute atomic E-state index is 0.0503. The first-order chi connectivity index (χ1) is 7.11. The number of benzene rings is 1. The average molecular weight is 211 g/mol. The predicted octanol–water partition coefficient (Wildman–Crippen LogP) is 1.17. The number of aliphatic hydroxyl groups excluding tert-OH is 1. The Morgan fingerprint density at radius 3 is 2.67 bits per heavy atom. The monoisotopic (exact) mass is 211 g/mol. The largest absolute Gasteiger partial charge is 0.507 e. The smallest absolute Gasteiger partial charge is 0.127 e. The van der Waals surface area contributed by atoms with E-state index in [-0.39, 0.29) is 5.75 Å². The van der Waals surface area contributed by atoms with Gasteiger partial charge in [-0.15, -0.1) is 0 Å². The second-order valence-corrected chi connectivity index (χ2v) is 3.39. The van der Waals surface area contributed by atoms with Crippen molar-refractivity contribution < 1.29 is 14.9 Å². The van der Waals surface area contributed by atoms with Gasteiger partial charge in [0.1, 0.15) is 11.5 Å². The second kappa shape index (κ2) is 5.00. The van der Waals surface area contributed by atoms with Gasteiger partial charge < -0.3 is 20.7 Å². The molecule has 0 radical (unpaired) electrons. The van der Waals surface area contributed by atoms with Gasteiger partial charge in [0.15, 0.2) is 0 Å². The van der Waals surface area contributed by atoms with Crippen LogP contribution in [0.25, 0.3) is 0 Å². The first-order valence-corrected chi connectivity index (χ1v) is 4.91. The van der Waals surface area contributed by atoms with E-state index in [0.717, 1.165) is 0 Å². The zero-order valence-corrected chi connectivity index (χ0v) is 8.97. The molecule has 0 saturated carbocycles. The average Bonchev–Trinajstić information content (AvgIpc) is 2.26. The van der Waals surface area contributed by atoms with Gasteiger partial charge >= 0.3 is 0 Å². The highest BCUT2D eigenvalue weighted by Gasteiger charge is 2.22. The van der Waals surface area contributed by atoms with Crippen LogP contribution in [0.4, 0.5) is 0 Å². The number of phenolic OH excluding ortho intramolecular Hbond substituents is 1. The van der Waals surface area contributed by atoms with Gasteiger partial charge in [-0.05, 0) is 18.6 Å². The van der Waals surface area contributed by atoms with Crippen LogP contribution in [0.1, 0.15) is 24.9 Å². The Kier molecular flexibility index (Phi) is 3.94. The van der Waals surface area contributed by atoms with Crippen LogP contribution in [0.15, 0.2) is 18.2 Å². The summed E-state index contributed by atoms with van der Waals surface area (Å²) in [5, 5.41) is 19.3. The number of rotatable bonds is 4. The molecule has 0 aliphatic rings. The highest BCUT2D eigenvalue weighted by Crippen LogP contribution is 2.33. The van der Waals surface area contributed by atoms with Crippen molar-refractivity contribution >= 4 is 0 Å². The minimum Gasteiger partial charge on any atom is -0.507 e. The lowest BCUT2D eigenvalue weighted by atomic mass is 9.99. The highest BCUT2D eigenvalue weighted by atomic mass is 16.5. The Labute approximate surface area is 89.3 Å². The van der Waals surface area contributed by atoms with Crippen molar-refractivity contribution in [3.8, 4) is 11.5 Å². The molecule has 0 unspecified atom stereocenters. The highest BCUT2D eigenvalue weighted by molar-refractivity contribution is 5.46. The molecule has 4 N–H and O–H groups in total. The minimum atomic E-state index is -0.688. The first kappa shape index (κ1) is 11.8. The van der Waals surface area contributed by atoms with Crippen molar-refractivity contribution in [1.82, 2.24) is 0 Å². The number of aliphatic hydroxyl groups is 1. The maximum Gasteiger partial charge on any atom is 0.127 e. The summed E-state index contributed by atoms with van der Waals surface area (Å²) in [5.74, 6) is 0.546. The number of nitrogens with two attached hydrogens (primary N) is 1. The zero-order chi connectivity index (χ0) is 11.4. The number of aromatic hydroxyl groups is 1. The van der Waals surface area contributed by atoms with Crippen molar-refractivity contribution in [3.05, 3.63) is 23.8 Å². The first-order valence-electron chi connectivity index (χ1n) is 4.91. The van der Waals surface area contributed by atoms with E-state index < -0.39 is 12.1 Å². The molecule has 0 spiro atoms. The molecule has 1 aromatic carbocycles. The normalized spacial score (nSPS) is 14.7. The summed E-state index contributed by atoms with van der Waals surface area (Å²) >= 11 is 0. The fourth-order valence-corrected chi connectivity index (χ4v) is 1.49. The molecule has 4 nitrogen and oxygen atoms in total. The molecule has 4 heteroatoms. The summed E-state index contributed by atoms with van der Waals surface area (Å²) in [6.45, 7) is 1.83. The van der Waals surface area contributed by atoms with Crippen molar-refractivity contribution in [3.63, 3.8) is 0 Å². The molecule has 84 valence electrons. The summed E-state index contributed by atoms with van der Waals surface area (Å²) in [4.78, 5) is 0. The molecule has 15 heavy (non-hydrogen) atoms. The van der Waals surface area contributed by atoms with E-state index in [2.05, 4.69) is 0 Å². The molecule has 0 aromatic heterocycles. The molecule has 0 saturated heterocycles. The molecule has 2 atom stereocenters. The summed E-state index contributed by atoms with van der Waals surface area (Å²) in [6.07, 6.45) is -0.161. The second-order valence-electron chi connectivity index (χ2n) is 3.39. The van der Waals surface area contributed by atoms with Gasteiger partial charge in [0.2, 0.25) is 0 Å². The Balaban J connectivity index is 3.10. The van der Waals surface area contributed by atoms with Gasteiger partial charge in [0.25, 0.3) is 0 Å². The molecule has 1 rings (SSSR count). The van der Waals surface area contributed by atoms with E-state index in [1.165, 1.54) is 13.2 Å². The molecular formula is C11H17NO3. The van der Waals surface area contributed by atoms with Crippen LogP contribution in [0.3, 0.4) is 0 Å². The van der Waals surface area contributed by atoms with Crippen LogP contribution in [0, 0.1) is 0 Å². The SMILES string of the molecule is CC[C@@H](O)[C@@H](N)c1c(O)cccc1OC. The Hall–Kier alpha value is -1.26. The topological polar surface area (TPSA) is 75.7 Å². The Morgan fingerprint density at radius 2 is 2.13 bits per heavy atom. The lowest BCUT2D eigenvalue weighted by Gasteiger charge is -2.20. The van der Waals surface area contributed by atoms with Crippen LogP contribution in [0.2, 0.25) is 0 Å². The van der Waals surface area contributed by atoms with Gasteiger partial charge in [-0.2, -0.15) is 0 Å². The zero-order valence-electron chi connectivity index (χ0n) is 8.97. The van der Waals surface area contributed by atoms with Gasteiger partial charge in [-0.1, -0.05) is 13.0 Å². The summed E-state index contributed by atoms with van der Waals surface area (Å²) in [7, 11) is 1.50. The van der Waals surface area contributed by atoms with Crippen LogP contribution >= 0.6 is 0 Å². The molecular weight excluding hydrogens is 194 g/mol. The summed E-state index contributed by atoms with van der Waals surface area (Å²) in [5.41, 5.74) is 6.29. The number of hydrogen-bond donors (Lipinski definition) is 3. The standard InChI is InChI=1S/C11H17NO3/c1-3-7(13)11(12)10-8(14)5-4-6-9(10)15-2/h4-7,11,13-14H,3,12H2,1-2H3/t7-,11-/m1/s1. The molecule has 0 fully saturated rings. The maximum atomic E-state index is 9.67. The quantitative estimate of drug-likeness (QED) is 0.698. The third kappa shape index (κ3) is 2.40. The van der Waals surface area contributed by atoms with Gasteiger partial charge in [0, 0.05) is 0 Å². The van der Waals surface area contributed by atoms with Crippen molar-refractivity contribution in [2.24, 2.45) is 5.73 Å². The number of methoxy groups -OCH3 is 1. The van der Waals surface area contributed by atoms with E-state index in [1.54, 1.807) is 12.1 Å². The fraction of sp³-hybridized carbons (Fsp3) is 0.455. The molecule has 0 amide bonds. The number of hydrogen-bond acceptors (Lipinski definition) is 4. The Morgan fingerprint density at radius 1 is 1.47 bits per heavy atom. The van der Waals surface area contributed by atoms with Crippen molar-refractivity contribution in [2.45, 2.75) is 25.5 Å². The van der Waals surface area contributed by atoms with E-state index in [9.17, 15) is 10.2 Å². The molecule has 0 heterocycles. The summed E-state index contributed by atoms with van der Waals surface area (Å²) < 4.78 is 5.09. The lowest BCUT2D eigenvalue weighted by Crippen LogP contribution is -2.25. The van der Waals surface area contributed by atoms with E-state index in [1.807, 2.05) is 6.92 Å². The molecule has 0 aliphatic heterocycles. The van der Waals surface area contributed by atoms with Crippen molar-refractivity contribution in [1.29, 1.82) is 0 Å². The number of phenols is 1. The van der Waals surface area contributed by atoms with Gasteiger partial charge in [-0.3, -0.25) is 0 Å². The maximum absolute atomic E-state index is 9.67.